The van der Waals surface area contributed by atoms with Gasteiger partial charge in [0.05, 0.1) is 18.8 Å². The molecular formula is C12H25NO2. The van der Waals surface area contributed by atoms with Crippen LogP contribution in [0.15, 0.2) is 0 Å². The van der Waals surface area contributed by atoms with Crippen LogP contribution in [0, 0.1) is 5.92 Å². The summed E-state index contributed by atoms with van der Waals surface area (Å²) in [6.07, 6.45) is 4.49. The Hall–Kier alpha value is -0.120. The summed E-state index contributed by atoms with van der Waals surface area (Å²) < 4.78 is 11.1. The van der Waals surface area contributed by atoms with E-state index in [-0.39, 0.29) is 6.10 Å². The molecule has 0 aromatic heterocycles. The maximum atomic E-state index is 5.92. The first-order valence-corrected chi connectivity index (χ1v) is 6.07. The van der Waals surface area contributed by atoms with E-state index < -0.39 is 0 Å². The SMILES string of the molecule is COCC(CNCC(C)C)OC1CCC1. The Morgan fingerprint density at radius 3 is 2.47 bits per heavy atom. The third-order valence-electron chi connectivity index (χ3n) is 2.71. The van der Waals surface area contributed by atoms with Gasteiger partial charge in [0.1, 0.15) is 0 Å². The molecule has 15 heavy (non-hydrogen) atoms. The van der Waals surface area contributed by atoms with E-state index in [1.54, 1.807) is 7.11 Å². The van der Waals surface area contributed by atoms with Gasteiger partial charge in [0.15, 0.2) is 0 Å². The van der Waals surface area contributed by atoms with Crippen molar-refractivity contribution in [2.24, 2.45) is 5.92 Å². The summed E-state index contributed by atoms with van der Waals surface area (Å²) in [5.41, 5.74) is 0. The van der Waals surface area contributed by atoms with Crippen molar-refractivity contribution in [2.45, 2.75) is 45.3 Å². The van der Waals surface area contributed by atoms with Gasteiger partial charge in [-0.1, -0.05) is 13.8 Å². The highest BCUT2D eigenvalue weighted by Crippen LogP contribution is 2.23. The molecule has 0 aliphatic heterocycles. The fraction of sp³-hybridized carbons (Fsp3) is 1.00. The Kier molecular flexibility index (Phi) is 6.22. The second-order valence-corrected chi connectivity index (χ2v) is 4.82. The van der Waals surface area contributed by atoms with Crippen molar-refractivity contribution in [3.05, 3.63) is 0 Å². The van der Waals surface area contributed by atoms with Crippen molar-refractivity contribution >= 4 is 0 Å². The molecule has 1 atom stereocenters. The Bertz CT molecular complexity index is 158. The van der Waals surface area contributed by atoms with Crippen molar-refractivity contribution in [3.8, 4) is 0 Å². The van der Waals surface area contributed by atoms with E-state index in [0.29, 0.717) is 18.6 Å². The standard InChI is InChI=1S/C12H25NO2/c1-10(2)7-13-8-12(9-14-3)15-11-5-4-6-11/h10-13H,4-9H2,1-3H3. The molecule has 0 spiro atoms. The van der Waals surface area contributed by atoms with Gasteiger partial charge < -0.3 is 14.8 Å². The van der Waals surface area contributed by atoms with Crippen LogP contribution in [0.1, 0.15) is 33.1 Å². The highest BCUT2D eigenvalue weighted by Gasteiger charge is 2.22. The smallest absolute Gasteiger partial charge is 0.0936 e. The second kappa shape index (κ2) is 7.20. The van der Waals surface area contributed by atoms with Crippen LogP contribution in [-0.2, 0) is 9.47 Å². The quantitative estimate of drug-likeness (QED) is 0.670. The lowest BCUT2D eigenvalue weighted by molar-refractivity contribution is -0.0762. The van der Waals surface area contributed by atoms with Crippen LogP contribution in [0.25, 0.3) is 0 Å². The van der Waals surface area contributed by atoms with E-state index in [1.807, 2.05) is 0 Å². The van der Waals surface area contributed by atoms with Gasteiger partial charge in [0, 0.05) is 13.7 Å². The predicted molar refractivity (Wildman–Crippen MR) is 62.1 cm³/mol. The zero-order chi connectivity index (χ0) is 11.1. The van der Waals surface area contributed by atoms with Crippen LogP contribution in [0.2, 0.25) is 0 Å². The molecule has 0 amide bonds. The molecule has 1 rings (SSSR count). The maximum absolute atomic E-state index is 5.92. The van der Waals surface area contributed by atoms with Gasteiger partial charge in [0.2, 0.25) is 0 Å². The third-order valence-corrected chi connectivity index (χ3v) is 2.71. The van der Waals surface area contributed by atoms with Gasteiger partial charge in [-0.2, -0.15) is 0 Å². The first-order valence-electron chi connectivity index (χ1n) is 6.07. The number of hydrogen-bond donors (Lipinski definition) is 1. The molecule has 1 unspecified atom stereocenters. The van der Waals surface area contributed by atoms with Gasteiger partial charge in [-0.05, 0) is 31.7 Å². The summed E-state index contributed by atoms with van der Waals surface area (Å²) in [6.45, 7) is 7.08. The van der Waals surface area contributed by atoms with Crippen LogP contribution in [0.4, 0.5) is 0 Å². The summed E-state index contributed by atoms with van der Waals surface area (Å²) >= 11 is 0. The van der Waals surface area contributed by atoms with Crippen LogP contribution in [0.5, 0.6) is 0 Å². The van der Waals surface area contributed by atoms with Crippen LogP contribution in [0.3, 0.4) is 0 Å². The van der Waals surface area contributed by atoms with E-state index in [2.05, 4.69) is 19.2 Å². The molecule has 0 radical (unpaired) electrons. The first kappa shape index (κ1) is 12.9. The molecule has 0 saturated heterocycles. The molecule has 0 heterocycles. The molecule has 3 nitrogen and oxygen atoms in total. The van der Waals surface area contributed by atoms with Crippen molar-refractivity contribution in [2.75, 3.05) is 26.8 Å². The van der Waals surface area contributed by atoms with Gasteiger partial charge in [0.25, 0.3) is 0 Å². The summed E-state index contributed by atoms with van der Waals surface area (Å²) in [6, 6.07) is 0. The lowest BCUT2D eigenvalue weighted by Crippen LogP contribution is -2.38. The van der Waals surface area contributed by atoms with Crippen LogP contribution >= 0.6 is 0 Å². The van der Waals surface area contributed by atoms with Crippen LogP contribution < -0.4 is 5.32 Å². The zero-order valence-electron chi connectivity index (χ0n) is 10.3. The molecule has 0 aromatic rings. The molecule has 1 aliphatic rings. The molecule has 0 aromatic carbocycles. The number of methoxy groups -OCH3 is 1. The maximum Gasteiger partial charge on any atom is 0.0936 e. The normalized spacial score (nSPS) is 19.2. The molecular weight excluding hydrogens is 190 g/mol. The molecule has 3 heteroatoms. The topological polar surface area (TPSA) is 30.5 Å². The van der Waals surface area contributed by atoms with E-state index in [0.717, 1.165) is 13.1 Å². The fourth-order valence-corrected chi connectivity index (χ4v) is 1.64. The van der Waals surface area contributed by atoms with Crippen molar-refractivity contribution in [1.82, 2.24) is 5.32 Å². The Morgan fingerprint density at radius 2 is 2.00 bits per heavy atom. The molecule has 1 N–H and O–H groups in total. The van der Waals surface area contributed by atoms with Crippen molar-refractivity contribution < 1.29 is 9.47 Å². The first-order chi connectivity index (χ1) is 7.22. The molecule has 1 aliphatic carbocycles. The lowest BCUT2D eigenvalue weighted by atomic mass is 9.96. The fourth-order valence-electron chi connectivity index (χ4n) is 1.64. The largest absolute Gasteiger partial charge is 0.382 e. The number of nitrogens with one attached hydrogen (secondary N) is 1. The third kappa shape index (κ3) is 5.50. The molecule has 0 bridgehead atoms. The average Bonchev–Trinajstić information content (AvgIpc) is 2.10. The summed E-state index contributed by atoms with van der Waals surface area (Å²) in [5.74, 6) is 0.692. The van der Waals surface area contributed by atoms with Crippen molar-refractivity contribution in [1.29, 1.82) is 0 Å². The Balaban J connectivity index is 2.11. The highest BCUT2D eigenvalue weighted by molar-refractivity contribution is 4.73. The highest BCUT2D eigenvalue weighted by atomic mass is 16.5. The minimum atomic E-state index is 0.221. The van der Waals surface area contributed by atoms with Gasteiger partial charge >= 0.3 is 0 Å². The lowest BCUT2D eigenvalue weighted by Gasteiger charge is -2.30. The predicted octanol–water partition coefficient (Wildman–Crippen LogP) is 1.82. The summed E-state index contributed by atoms with van der Waals surface area (Å²) in [4.78, 5) is 0. The molecule has 1 saturated carbocycles. The summed E-state index contributed by atoms with van der Waals surface area (Å²) in [7, 11) is 1.74. The van der Waals surface area contributed by atoms with Gasteiger partial charge in [-0.3, -0.25) is 0 Å². The summed E-state index contributed by atoms with van der Waals surface area (Å²) in [5, 5.41) is 3.42. The molecule has 90 valence electrons. The number of rotatable bonds is 8. The minimum Gasteiger partial charge on any atom is -0.382 e. The average molecular weight is 215 g/mol. The second-order valence-electron chi connectivity index (χ2n) is 4.82. The van der Waals surface area contributed by atoms with Gasteiger partial charge in [-0.15, -0.1) is 0 Å². The van der Waals surface area contributed by atoms with Crippen molar-refractivity contribution in [3.63, 3.8) is 0 Å². The van der Waals surface area contributed by atoms with Crippen LogP contribution in [-0.4, -0.2) is 39.0 Å². The minimum absolute atomic E-state index is 0.221. The van der Waals surface area contributed by atoms with Gasteiger partial charge in [-0.25, -0.2) is 0 Å². The molecule has 1 fully saturated rings. The Morgan fingerprint density at radius 1 is 1.27 bits per heavy atom. The number of ether oxygens (including phenoxy) is 2. The van der Waals surface area contributed by atoms with E-state index in [1.165, 1.54) is 19.3 Å². The van der Waals surface area contributed by atoms with E-state index in [9.17, 15) is 0 Å². The zero-order valence-corrected chi connectivity index (χ0v) is 10.3. The number of hydrogen-bond acceptors (Lipinski definition) is 3. The van der Waals surface area contributed by atoms with E-state index in [4.69, 9.17) is 9.47 Å². The monoisotopic (exact) mass is 215 g/mol. The van der Waals surface area contributed by atoms with E-state index >= 15 is 0 Å². The Labute approximate surface area is 93.5 Å².